The molecule has 6 heteroatoms. The highest BCUT2D eigenvalue weighted by Crippen LogP contribution is 2.20. The van der Waals surface area contributed by atoms with Crippen molar-refractivity contribution >= 4 is 11.9 Å². The van der Waals surface area contributed by atoms with Gasteiger partial charge in [0.05, 0.1) is 25.4 Å². The third kappa shape index (κ3) is 71.2. The molecule has 0 aliphatic heterocycles. The van der Waals surface area contributed by atoms with Crippen LogP contribution in [-0.2, 0) is 14.3 Å². The number of nitrogens with one attached hydrogen (secondary N) is 1. The molecule has 6 nitrogen and oxygen atoms in total. The van der Waals surface area contributed by atoms with Gasteiger partial charge in [0.25, 0.3) is 0 Å². The maximum Gasteiger partial charge on any atom is 0.305 e. The van der Waals surface area contributed by atoms with Gasteiger partial charge in [-0.1, -0.05) is 397 Å². The lowest BCUT2D eigenvalue weighted by Crippen LogP contribution is -2.45. The lowest BCUT2D eigenvalue weighted by atomic mass is 10.0. The number of unbranched alkanes of at least 4 members (excludes halogenated alkanes) is 59. The lowest BCUT2D eigenvalue weighted by molar-refractivity contribution is -0.143. The van der Waals surface area contributed by atoms with Crippen LogP contribution >= 0.6 is 0 Å². The summed E-state index contributed by atoms with van der Waals surface area (Å²) >= 11 is 0. The quantitative estimate of drug-likeness (QED) is 0.0320. The molecule has 0 radical (unpaired) electrons. The zero-order chi connectivity index (χ0) is 62.0. The van der Waals surface area contributed by atoms with Crippen LogP contribution in [0.5, 0.6) is 0 Å². The number of esters is 1. The van der Waals surface area contributed by atoms with Gasteiger partial charge in [0.1, 0.15) is 0 Å². The van der Waals surface area contributed by atoms with E-state index in [1.807, 2.05) is 6.08 Å². The molecule has 0 rings (SSSR count). The third-order valence-electron chi connectivity index (χ3n) is 18.4. The Hall–Kier alpha value is -1.92. The van der Waals surface area contributed by atoms with Crippen LogP contribution in [0, 0.1) is 0 Å². The van der Waals surface area contributed by atoms with E-state index in [9.17, 15) is 19.8 Å². The molecule has 0 saturated heterocycles. The van der Waals surface area contributed by atoms with Crippen molar-refractivity contribution in [2.75, 3.05) is 13.2 Å². The highest BCUT2D eigenvalue weighted by atomic mass is 16.5. The summed E-state index contributed by atoms with van der Waals surface area (Å²) in [6.45, 7) is 4.92. The first-order valence-corrected chi connectivity index (χ1v) is 39.3. The van der Waals surface area contributed by atoms with Crippen molar-refractivity contribution in [3.05, 3.63) is 36.5 Å². The summed E-state index contributed by atoms with van der Waals surface area (Å²) in [5.41, 5.74) is 0. The van der Waals surface area contributed by atoms with Crippen molar-refractivity contribution in [2.45, 2.75) is 450 Å². The first-order valence-electron chi connectivity index (χ1n) is 39.3. The Kier molecular flexibility index (Phi) is 73.9. The molecular weight excluding hydrogens is 1050 g/mol. The maximum absolute atomic E-state index is 12.6. The van der Waals surface area contributed by atoms with Crippen molar-refractivity contribution in [1.29, 1.82) is 0 Å². The average Bonchev–Trinajstić information content (AvgIpc) is 3.54. The Morgan fingerprint density at radius 1 is 0.326 bits per heavy atom. The summed E-state index contributed by atoms with van der Waals surface area (Å²) in [7, 11) is 0. The summed E-state index contributed by atoms with van der Waals surface area (Å²) in [5.74, 6) is -0.0476. The van der Waals surface area contributed by atoms with Crippen LogP contribution < -0.4 is 5.32 Å². The van der Waals surface area contributed by atoms with Crippen LogP contribution in [0.1, 0.15) is 438 Å². The monoisotopic (exact) mass is 1210 g/mol. The van der Waals surface area contributed by atoms with Gasteiger partial charge in [0.2, 0.25) is 5.91 Å². The number of rotatable bonds is 74. The average molecular weight is 1210 g/mol. The first-order chi connectivity index (χ1) is 42.5. The van der Waals surface area contributed by atoms with E-state index < -0.39 is 12.1 Å². The number of allylic oxidation sites excluding steroid dienone is 5. The number of hydrogen-bond donors (Lipinski definition) is 3. The summed E-state index contributed by atoms with van der Waals surface area (Å²) < 4.78 is 5.51. The molecule has 0 aromatic carbocycles. The first kappa shape index (κ1) is 84.1. The minimum Gasteiger partial charge on any atom is -0.466 e. The fourth-order valence-corrected chi connectivity index (χ4v) is 12.4. The van der Waals surface area contributed by atoms with Crippen LogP contribution in [0.4, 0.5) is 0 Å². The number of amides is 1. The van der Waals surface area contributed by atoms with Crippen molar-refractivity contribution in [1.82, 2.24) is 5.32 Å². The Balaban J connectivity index is 3.36. The van der Waals surface area contributed by atoms with Crippen LogP contribution in [0.25, 0.3) is 0 Å². The summed E-state index contributed by atoms with van der Waals surface area (Å²) in [6.07, 6.45) is 98.3. The van der Waals surface area contributed by atoms with Crippen molar-refractivity contribution in [3.63, 3.8) is 0 Å². The second-order valence-electron chi connectivity index (χ2n) is 27.0. The highest BCUT2D eigenvalue weighted by Gasteiger charge is 2.18. The SMILES string of the molecule is CCCCC/C=C\C/C=C\CCCCCCCCCC(=O)OCCCCCCCCCCCCCCCCCCCCCCCCCCCCCCCC(=O)NC(CO)C(O)/C=C/CCCCCCCCCCCCCCCCCCCCCCC. The van der Waals surface area contributed by atoms with E-state index in [2.05, 4.69) is 43.5 Å². The number of aliphatic hydroxyl groups is 2. The van der Waals surface area contributed by atoms with Gasteiger partial charge in [-0.15, -0.1) is 0 Å². The molecule has 0 fully saturated rings. The van der Waals surface area contributed by atoms with E-state index in [0.717, 1.165) is 51.4 Å². The number of aliphatic hydroxyl groups excluding tert-OH is 2. The minimum atomic E-state index is -0.844. The van der Waals surface area contributed by atoms with Crippen LogP contribution in [0.3, 0.4) is 0 Å². The highest BCUT2D eigenvalue weighted by molar-refractivity contribution is 5.76. The molecule has 0 aromatic heterocycles. The Bertz CT molecular complexity index is 1390. The predicted molar refractivity (Wildman–Crippen MR) is 379 cm³/mol. The molecule has 0 bridgehead atoms. The largest absolute Gasteiger partial charge is 0.466 e. The van der Waals surface area contributed by atoms with Gasteiger partial charge < -0.3 is 20.3 Å². The number of ether oxygens (including phenoxy) is 1. The maximum atomic E-state index is 12.6. The van der Waals surface area contributed by atoms with Gasteiger partial charge in [-0.05, 0) is 64.2 Å². The summed E-state index contributed by atoms with van der Waals surface area (Å²) in [5, 5.41) is 23.3. The molecule has 0 aliphatic carbocycles. The molecular formula is C80H153NO5. The van der Waals surface area contributed by atoms with Gasteiger partial charge in [-0.25, -0.2) is 0 Å². The van der Waals surface area contributed by atoms with E-state index in [1.165, 1.54) is 360 Å². The second kappa shape index (κ2) is 75.5. The Morgan fingerprint density at radius 2 is 0.581 bits per heavy atom. The molecule has 508 valence electrons. The van der Waals surface area contributed by atoms with E-state index in [4.69, 9.17) is 4.74 Å². The van der Waals surface area contributed by atoms with Crippen molar-refractivity contribution < 1.29 is 24.5 Å². The van der Waals surface area contributed by atoms with Gasteiger partial charge >= 0.3 is 5.97 Å². The lowest BCUT2D eigenvalue weighted by Gasteiger charge is -2.20. The fourth-order valence-electron chi connectivity index (χ4n) is 12.4. The van der Waals surface area contributed by atoms with E-state index >= 15 is 0 Å². The zero-order valence-corrected chi connectivity index (χ0v) is 58.3. The van der Waals surface area contributed by atoms with Crippen molar-refractivity contribution in [3.8, 4) is 0 Å². The van der Waals surface area contributed by atoms with E-state index in [1.54, 1.807) is 6.08 Å². The molecule has 0 spiro atoms. The molecule has 2 atom stereocenters. The number of hydrogen-bond acceptors (Lipinski definition) is 5. The van der Waals surface area contributed by atoms with Crippen molar-refractivity contribution in [2.24, 2.45) is 0 Å². The summed E-state index contributed by atoms with van der Waals surface area (Å²) in [6, 6.07) is -0.627. The molecule has 86 heavy (non-hydrogen) atoms. The Labute approximate surface area is 538 Å². The van der Waals surface area contributed by atoms with Crippen LogP contribution in [-0.4, -0.2) is 47.4 Å². The van der Waals surface area contributed by atoms with E-state index in [0.29, 0.717) is 19.4 Å². The normalized spacial score (nSPS) is 12.7. The smallest absolute Gasteiger partial charge is 0.305 e. The van der Waals surface area contributed by atoms with E-state index in [-0.39, 0.29) is 18.5 Å². The van der Waals surface area contributed by atoms with Crippen LogP contribution in [0.2, 0.25) is 0 Å². The second-order valence-corrected chi connectivity index (χ2v) is 27.0. The number of carbonyl (C=O) groups excluding carboxylic acids is 2. The fraction of sp³-hybridized carbons (Fsp3) is 0.900. The van der Waals surface area contributed by atoms with Gasteiger partial charge in [0.15, 0.2) is 0 Å². The molecule has 0 aliphatic rings. The number of carbonyl (C=O) groups is 2. The molecule has 3 N–H and O–H groups in total. The minimum absolute atomic E-state index is 0.0121. The topological polar surface area (TPSA) is 95.9 Å². The standard InChI is InChI=1S/C80H153NO5/c1-3-5-7-9-11-13-15-17-19-21-22-23-31-34-37-41-44-48-52-56-60-64-68-72-78(83)77(76-82)81-79(84)73-69-65-61-57-53-49-45-42-38-35-32-29-27-25-24-26-28-30-33-36-39-43-47-51-55-59-63-67-71-75-86-80(85)74-70-66-62-58-54-50-46-40-20-18-16-14-12-10-8-6-4-2/h12,14,18,20,68,72,77-78,82-83H,3-11,13,15-17,19,21-67,69-71,73-76H2,1-2H3,(H,81,84)/b14-12-,20-18-,72-68+. The molecule has 1 amide bonds. The van der Waals surface area contributed by atoms with Crippen LogP contribution in [0.15, 0.2) is 36.5 Å². The summed E-state index contributed by atoms with van der Waals surface area (Å²) in [4.78, 5) is 24.7. The molecule has 2 unspecified atom stereocenters. The predicted octanol–water partition coefficient (Wildman–Crippen LogP) is 25.8. The molecule has 0 saturated carbocycles. The zero-order valence-electron chi connectivity index (χ0n) is 58.3. The molecule has 0 heterocycles. The van der Waals surface area contributed by atoms with Gasteiger partial charge in [-0.2, -0.15) is 0 Å². The third-order valence-corrected chi connectivity index (χ3v) is 18.4. The Morgan fingerprint density at radius 3 is 0.907 bits per heavy atom. The van der Waals surface area contributed by atoms with Gasteiger partial charge in [0, 0.05) is 12.8 Å². The molecule has 0 aromatic rings. The van der Waals surface area contributed by atoms with Gasteiger partial charge in [-0.3, -0.25) is 9.59 Å².